The summed E-state index contributed by atoms with van der Waals surface area (Å²) in [6.45, 7) is 0.513. The summed E-state index contributed by atoms with van der Waals surface area (Å²) in [7, 11) is 3.70. The molecular formula is C10H12FN3. The molecule has 0 saturated carbocycles. The average molecular weight is 193 g/mol. The van der Waals surface area contributed by atoms with E-state index in [1.807, 2.05) is 20.2 Å². The fourth-order valence-corrected chi connectivity index (χ4v) is 1.07. The molecular weight excluding hydrogens is 181 g/mol. The van der Waals surface area contributed by atoms with E-state index in [2.05, 4.69) is 5.43 Å². The number of halogens is 1. The van der Waals surface area contributed by atoms with Gasteiger partial charge in [0.1, 0.15) is 5.82 Å². The molecule has 1 aromatic carbocycles. The van der Waals surface area contributed by atoms with Crippen molar-refractivity contribution < 1.29 is 4.39 Å². The maximum absolute atomic E-state index is 12.9. The number of hydrogen-bond acceptors (Lipinski definition) is 3. The minimum atomic E-state index is -0.375. The van der Waals surface area contributed by atoms with Gasteiger partial charge < -0.3 is 0 Å². The van der Waals surface area contributed by atoms with Crippen LogP contribution in [0.2, 0.25) is 0 Å². The van der Waals surface area contributed by atoms with E-state index in [1.165, 1.54) is 12.1 Å². The Morgan fingerprint density at radius 1 is 1.43 bits per heavy atom. The van der Waals surface area contributed by atoms with Crippen molar-refractivity contribution in [3.8, 4) is 6.07 Å². The van der Waals surface area contributed by atoms with Crippen LogP contribution in [0.25, 0.3) is 0 Å². The highest BCUT2D eigenvalue weighted by Crippen LogP contribution is 2.08. The Morgan fingerprint density at radius 2 is 2.14 bits per heavy atom. The smallest absolute Gasteiger partial charge is 0.124 e. The minimum Gasteiger partial charge on any atom is -0.251 e. The molecule has 1 aromatic rings. The standard InChI is InChI=1S/C10H12FN3/c1-14(2)13-7-9-3-8(6-12)4-10(11)5-9/h3-5,13H,7H2,1-2H3. The molecule has 0 amide bonds. The summed E-state index contributed by atoms with van der Waals surface area (Å²) in [4.78, 5) is 0. The molecule has 0 aliphatic heterocycles. The van der Waals surface area contributed by atoms with E-state index in [1.54, 1.807) is 11.1 Å². The lowest BCUT2D eigenvalue weighted by molar-refractivity contribution is 0.286. The molecule has 3 nitrogen and oxygen atoms in total. The topological polar surface area (TPSA) is 39.1 Å². The number of hydrogen-bond donors (Lipinski definition) is 1. The van der Waals surface area contributed by atoms with Crippen LogP contribution < -0.4 is 5.43 Å². The maximum atomic E-state index is 12.9. The van der Waals surface area contributed by atoms with Crippen molar-refractivity contribution in [1.82, 2.24) is 10.4 Å². The molecule has 0 aliphatic rings. The summed E-state index contributed by atoms with van der Waals surface area (Å²) < 4.78 is 12.9. The first-order valence-corrected chi connectivity index (χ1v) is 4.22. The lowest BCUT2D eigenvalue weighted by Crippen LogP contribution is -2.29. The molecule has 0 heterocycles. The normalized spacial score (nSPS) is 10.2. The summed E-state index contributed by atoms with van der Waals surface area (Å²) in [5, 5.41) is 10.4. The van der Waals surface area contributed by atoms with Gasteiger partial charge in [0.15, 0.2) is 0 Å². The molecule has 0 saturated heterocycles. The second kappa shape index (κ2) is 4.70. The van der Waals surface area contributed by atoms with Crippen molar-refractivity contribution >= 4 is 0 Å². The Kier molecular flexibility index (Phi) is 3.57. The van der Waals surface area contributed by atoms with Crippen molar-refractivity contribution in [2.24, 2.45) is 0 Å². The summed E-state index contributed by atoms with van der Waals surface area (Å²) in [6, 6.07) is 6.22. The highest BCUT2D eigenvalue weighted by molar-refractivity contribution is 5.33. The van der Waals surface area contributed by atoms with Gasteiger partial charge in [-0.05, 0) is 23.8 Å². The van der Waals surface area contributed by atoms with Gasteiger partial charge in [-0.25, -0.2) is 4.39 Å². The number of nitriles is 1. The number of nitrogens with one attached hydrogen (secondary N) is 1. The van der Waals surface area contributed by atoms with E-state index in [0.29, 0.717) is 12.1 Å². The molecule has 74 valence electrons. The summed E-state index contributed by atoms with van der Waals surface area (Å²) in [6.07, 6.45) is 0. The third-order valence-corrected chi connectivity index (χ3v) is 1.69. The van der Waals surface area contributed by atoms with Crippen molar-refractivity contribution in [3.63, 3.8) is 0 Å². The zero-order chi connectivity index (χ0) is 10.6. The number of rotatable bonds is 3. The first-order chi connectivity index (χ1) is 6.61. The van der Waals surface area contributed by atoms with Crippen molar-refractivity contribution in [1.29, 1.82) is 5.26 Å². The SMILES string of the molecule is CN(C)NCc1cc(F)cc(C#N)c1. The first-order valence-electron chi connectivity index (χ1n) is 4.22. The predicted octanol–water partition coefficient (Wildman–Crippen LogP) is 1.26. The lowest BCUT2D eigenvalue weighted by Gasteiger charge is -2.11. The van der Waals surface area contributed by atoms with E-state index in [4.69, 9.17) is 5.26 Å². The predicted molar refractivity (Wildman–Crippen MR) is 51.6 cm³/mol. The van der Waals surface area contributed by atoms with Crippen molar-refractivity contribution in [2.45, 2.75) is 6.54 Å². The number of nitrogens with zero attached hydrogens (tertiary/aromatic N) is 2. The fourth-order valence-electron chi connectivity index (χ4n) is 1.07. The van der Waals surface area contributed by atoms with Gasteiger partial charge in [-0.15, -0.1) is 0 Å². The highest BCUT2D eigenvalue weighted by Gasteiger charge is 2.00. The monoisotopic (exact) mass is 193 g/mol. The minimum absolute atomic E-state index is 0.348. The largest absolute Gasteiger partial charge is 0.251 e. The Hall–Kier alpha value is -1.44. The second-order valence-electron chi connectivity index (χ2n) is 3.19. The van der Waals surface area contributed by atoms with Crippen LogP contribution in [0.1, 0.15) is 11.1 Å². The molecule has 14 heavy (non-hydrogen) atoms. The molecule has 0 atom stereocenters. The molecule has 4 heteroatoms. The summed E-state index contributed by atoms with van der Waals surface area (Å²) in [5.74, 6) is -0.375. The van der Waals surface area contributed by atoms with Gasteiger partial charge in [0.25, 0.3) is 0 Å². The first kappa shape index (κ1) is 10.6. The third kappa shape index (κ3) is 3.13. The Bertz CT molecular complexity index is 355. The Labute approximate surface area is 82.7 Å². The Balaban J connectivity index is 2.78. The molecule has 0 aromatic heterocycles. The number of benzene rings is 1. The zero-order valence-corrected chi connectivity index (χ0v) is 8.21. The fraction of sp³-hybridized carbons (Fsp3) is 0.300. The van der Waals surface area contributed by atoms with Gasteiger partial charge in [0.05, 0.1) is 11.6 Å². The molecule has 1 N–H and O–H groups in total. The molecule has 0 aliphatic carbocycles. The van der Waals surface area contributed by atoms with Crippen LogP contribution >= 0.6 is 0 Å². The summed E-state index contributed by atoms with van der Waals surface area (Å²) >= 11 is 0. The maximum Gasteiger partial charge on any atom is 0.124 e. The quantitative estimate of drug-likeness (QED) is 0.734. The van der Waals surface area contributed by atoms with Gasteiger partial charge in [-0.1, -0.05) is 0 Å². The van der Waals surface area contributed by atoms with E-state index in [-0.39, 0.29) is 5.82 Å². The molecule has 0 radical (unpaired) electrons. The van der Waals surface area contributed by atoms with Crippen molar-refractivity contribution in [2.75, 3.05) is 14.1 Å². The van der Waals surface area contributed by atoms with Gasteiger partial charge in [0.2, 0.25) is 0 Å². The molecule has 1 rings (SSSR count). The van der Waals surface area contributed by atoms with E-state index >= 15 is 0 Å². The molecule has 0 fully saturated rings. The highest BCUT2D eigenvalue weighted by atomic mass is 19.1. The van der Waals surface area contributed by atoms with Crippen LogP contribution in [0, 0.1) is 17.1 Å². The van der Waals surface area contributed by atoms with Gasteiger partial charge in [0, 0.05) is 20.6 Å². The Morgan fingerprint density at radius 3 is 2.71 bits per heavy atom. The van der Waals surface area contributed by atoms with Crippen LogP contribution in [-0.2, 0) is 6.54 Å². The van der Waals surface area contributed by atoms with Gasteiger partial charge in [-0.3, -0.25) is 10.4 Å². The molecule has 0 spiro atoms. The molecule has 0 bridgehead atoms. The van der Waals surface area contributed by atoms with Gasteiger partial charge in [-0.2, -0.15) is 5.26 Å². The second-order valence-corrected chi connectivity index (χ2v) is 3.19. The van der Waals surface area contributed by atoms with Crippen molar-refractivity contribution in [3.05, 3.63) is 35.1 Å². The molecule has 0 unspecified atom stereocenters. The third-order valence-electron chi connectivity index (χ3n) is 1.69. The van der Waals surface area contributed by atoms with Gasteiger partial charge >= 0.3 is 0 Å². The van der Waals surface area contributed by atoms with Crippen LogP contribution in [0.3, 0.4) is 0 Å². The zero-order valence-electron chi connectivity index (χ0n) is 8.21. The average Bonchev–Trinajstić information content (AvgIpc) is 2.14. The van der Waals surface area contributed by atoms with E-state index in [9.17, 15) is 4.39 Å². The summed E-state index contributed by atoms with van der Waals surface area (Å²) in [5.41, 5.74) is 4.10. The number of hydrazine groups is 1. The lowest BCUT2D eigenvalue weighted by atomic mass is 10.1. The van der Waals surface area contributed by atoms with Crippen LogP contribution in [-0.4, -0.2) is 19.1 Å². The van der Waals surface area contributed by atoms with E-state index in [0.717, 1.165) is 5.56 Å². The van der Waals surface area contributed by atoms with Crippen LogP contribution in [0.5, 0.6) is 0 Å². The van der Waals surface area contributed by atoms with E-state index < -0.39 is 0 Å². The van der Waals surface area contributed by atoms with Crippen LogP contribution in [0.4, 0.5) is 4.39 Å². The van der Waals surface area contributed by atoms with Crippen LogP contribution in [0.15, 0.2) is 18.2 Å².